The summed E-state index contributed by atoms with van der Waals surface area (Å²) >= 11 is 2.72. The fourth-order valence-corrected chi connectivity index (χ4v) is 4.59. The van der Waals surface area contributed by atoms with E-state index in [1.54, 1.807) is 7.05 Å². The van der Waals surface area contributed by atoms with Crippen LogP contribution in [0, 0.1) is 5.92 Å². The SMILES string of the molecule is CC1CCCCC1NC(=O)CSc1nc2ccsc2c(=O)n1C. The van der Waals surface area contributed by atoms with E-state index in [9.17, 15) is 9.59 Å². The van der Waals surface area contributed by atoms with Gasteiger partial charge in [0.2, 0.25) is 5.91 Å². The largest absolute Gasteiger partial charge is 0.352 e. The maximum Gasteiger partial charge on any atom is 0.271 e. The number of thioether (sulfide) groups is 1. The summed E-state index contributed by atoms with van der Waals surface area (Å²) < 4.78 is 2.19. The van der Waals surface area contributed by atoms with Crippen molar-refractivity contribution in [3.63, 3.8) is 0 Å². The van der Waals surface area contributed by atoms with Crippen LogP contribution in [-0.4, -0.2) is 27.3 Å². The van der Waals surface area contributed by atoms with Gasteiger partial charge in [0.1, 0.15) is 4.70 Å². The quantitative estimate of drug-likeness (QED) is 0.679. The summed E-state index contributed by atoms with van der Waals surface area (Å²) in [6.45, 7) is 2.20. The van der Waals surface area contributed by atoms with E-state index in [0.29, 0.717) is 27.0 Å². The third-order valence-electron chi connectivity index (χ3n) is 4.44. The molecule has 1 amide bonds. The Kier molecular flexibility index (Phi) is 5.06. The van der Waals surface area contributed by atoms with Crippen LogP contribution in [0.1, 0.15) is 32.6 Å². The molecule has 0 saturated heterocycles. The second kappa shape index (κ2) is 7.05. The summed E-state index contributed by atoms with van der Waals surface area (Å²) in [6, 6.07) is 2.13. The van der Waals surface area contributed by atoms with Gasteiger partial charge in [0, 0.05) is 13.1 Å². The van der Waals surface area contributed by atoms with Crippen molar-refractivity contribution < 1.29 is 4.79 Å². The van der Waals surface area contributed by atoms with Crippen molar-refractivity contribution in [3.8, 4) is 0 Å². The fraction of sp³-hybridized carbons (Fsp3) is 0.562. The lowest BCUT2D eigenvalue weighted by molar-refractivity contribution is -0.119. The molecule has 1 fully saturated rings. The van der Waals surface area contributed by atoms with Crippen LogP contribution < -0.4 is 10.9 Å². The van der Waals surface area contributed by atoms with E-state index >= 15 is 0 Å². The zero-order valence-electron chi connectivity index (χ0n) is 13.4. The molecule has 5 nitrogen and oxygen atoms in total. The number of thiophene rings is 1. The first-order valence-corrected chi connectivity index (χ1v) is 9.79. The van der Waals surface area contributed by atoms with E-state index in [0.717, 1.165) is 6.42 Å². The molecule has 2 unspecified atom stereocenters. The van der Waals surface area contributed by atoms with Crippen molar-refractivity contribution in [1.82, 2.24) is 14.9 Å². The minimum atomic E-state index is -0.0474. The van der Waals surface area contributed by atoms with Gasteiger partial charge in [-0.1, -0.05) is 31.5 Å². The molecule has 0 radical (unpaired) electrons. The van der Waals surface area contributed by atoms with Gasteiger partial charge < -0.3 is 5.32 Å². The summed E-state index contributed by atoms with van der Waals surface area (Å²) in [5, 5.41) is 5.59. The lowest BCUT2D eigenvalue weighted by atomic mass is 9.86. The summed E-state index contributed by atoms with van der Waals surface area (Å²) in [5.74, 6) is 0.856. The van der Waals surface area contributed by atoms with Crippen molar-refractivity contribution in [3.05, 3.63) is 21.8 Å². The van der Waals surface area contributed by atoms with Crippen molar-refractivity contribution in [2.24, 2.45) is 13.0 Å². The van der Waals surface area contributed by atoms with Crippen molar-refractivity contribution in [2.75, 3.05) is 5.75 Å². The molecule has 0 aromatic carbocycles. The van der Waals surface area contributed by atoms with E-state index in [1.165, 1.54) is 46.9 Å². The Morgan fingerprint density at radius 3 is 3.04 bits per heavy atom. The average Bonchev–Trinajstić information content (AvgIpc) is 3.00. The number of rotatable bonds is 4. The zero-order chi connectivity index (χ0) is 16.4. The van der Waals surface area contributed by atoms with E-state index in [1.807, 2.05) is 11.4 Å². The van der Waals surface area contributed by atoms with Gasteiger partial charge >= 0.3 is 0 Å². The maximum absolute atomic E-state index is 12.2. The Morgan fingerprint density at radius 2 is 2.26 bits per heavy atom. The molecule has 0 spiro atoms. The summed E-state index contributed by atoms with van der Waals surface area (Å²) in [7, 11) is 1.71. The number of nitrogens with zero attached hydrogens (tertiary/aromatic N) is 2. The minimum absolute atomic E-state index is 0.0217. The second-order valence-corrected chi connectivity index (χ2v) is 7.98. The van der Waals surface area contributed by atoms with Gasteiger partial charge in [-0.3, -0.25) is 14.2 Å². The van der Waals surface area contributed by atoms with E-state index in [4.69, 9.17) is 0 Å². The number of hydrogen-bond acceptors (Lipinski definition) is 5. The molecule has 0 aliphatic heterocycles. The molecule has 2 atom stereocenters. The first kappa shape index (κ1) is 16.5. The maximum atomic E-state index is 12.2. The lowest BCUT2D eigenvalue weighted by Gasteiger charge is -2.29. The Balaban J connectivity index is 1.65. The molecule has 23 heavy (non-hydrogen) atoms. The van der Waals surface area contributed by atoms with Crippen molar-refractivity contribution >= 4 is 39.2 Å². The lowest BCUT2D eigenvalue weighted by Crippen LogP contribution is -2.41. The van der Waals surface area contributed by atoms with E-state index < -0.39 is 0 Å². The predicted molar refractivity (Wildman–Crippen MR) is 95.1 cm³/mol. The number of carbonyl (C=O) groups is 1. The average molecular weight is 351 g/mol. The van der Waals surface area contributed by atoms with Gasteiger partial charge in [-0.05, 0) is 30.2 Å². The number of nitrogens with one attached hydrogen (secondary N) is 1. The van der Waals surface area contributed by atoms with Crippen LogP contribution in [0.15, 0.2) is 21.4 Å². The van der Waals surface area contributed by atoms with Crippen LogP contribution in [-0.2, 0) is 11.8 Å². The Bertz CT molecular complexity index is 768. The molecule has 1 aliphatic rings. The molecule has 3 rings (SSSR count). The zero-order valence-corrected chi connectivity index (χ0v) is 15.0. The Morgan fingerprint density at radius 1 is 1.48 bits per heavy atom. The van der Waals surface area contributed by atoms with Crippen LogP contribution in [0.3, 0.4) is 0 Å². The van der Waals surface area contributed by atoms with Crippen molar-refractivity contribution in [2.45, 2.75) is 43.8 Å². The topological polar surface area (TPSA) is 64.0 Å². The van der Waals surface area contributed by atoms with Crippen LogP contribution in [0.4, 0.5) is 0 Å². The van der Waals surface area contributed by atoms with Gasteiger partial charge in [-0.2, -0.15) is 0 Å². The number of carbonyl (C=O) groups excluding carboxylic acids is 1. The summed E-state index contributed by atoms with van der Waals surface area (Å²) in [4.78, 5) is 28.9. The molecule has 2 aromatic rings. The first-order valence-electron chi connectivity index (χ1n) is 7.92. The monoisotopic (exact) mass is 351 g/mol. The highest BCUT2D eigenvalue weighted by Crippen LogP contribution is 2.24. The Hall–Kier alpha value is -1.34. The van der Waals surface area contributed by atoms with E-state index in [-0.39, 0.29) is 17.5 Å². The molecular formula is C16H21N3O2S2. The molecule has 124 valence electrons. The van der Waals surface area contributed by atoms with Crippen LogP contribution in [0.25, 0.3) is 10.2 Å². The first-order chi connectivity index (χ1) is 11.1. The predicted octanol–water partition coefficient (Wildman–Crippen LogP) is 2.78. The smallest absolute Gasteiger partial charge is 0.271 e. The van der Waals surface area contributed by atoms with Crippen molar-refractivity contribution in [1.29, 1.82) is 0 Å². The third kappa shape index (κ3) is 3.61. The van der Waals surface area contributed by atoms with Crippen LogP contribution >= 0.6 is 23.1 Å². The molecule has 7 heteroatoms. The number of amides is 1. The van der Waals surface area contributed by atoms with Gasteiger partial charge in [0.15, 0.2) is 5.16 Å². The summed E-state index contributed by atoms with van der Waals surface area (Å²) in [6.07, 6.45) is 4.69. The molecule has 2 aromatic heterocycles. The highest BCUT2D eigenvalue weighted by molar-refractivity contribution is 7.99. The standard InChI is InChI=1S/C16H21N3O2S2/c1-10-5-3-4-6-11(10)17-13(20)9-23-16-18-12-7-8-22-14(12)15(21)19(16)2/h7-8,10-11H,3-6,9H2,1-2H3,(H,17,20). The fourth-order valence-electron chi connectivity index (χ4n) is 3.01. The van der Waals surface area contributed by atoms with Crippen LogP contribution in [0.5, 0.6) is 0 Å². The highest BCUT2D eigenvalue weighted by Gasteiger charge is 2.23. The summed E-state index contributed by atoms with van der Waals surface area (Å²) in [5.41, 5.74) is 0.663. The second-order valence-electron chi connectivity index (χ2n) is 6.12. The highest BCUT2D eigenvalue weighted by atomic mass is 32.2. The van der Waals surface area contributed by atoms with Gasteiger partial charge in [0.25, 0.3) is 5.56 Å². The molecule has 2 heterocycles. The van der Waals surface area contributed by atoms with Gasteiger partial charge in [-0.25, -0.2) is 4.98 Å². The molecule has 1 aliphatic carbocycles. The van der Waals surface area contributed by atoms with Gasteiger partial charge in [-0.15, -0.1) is 11.3 Å². The Labute approximate surface area is 143 Å². The van der Waals surface area contributed by atoms with Gasteiger partial charge in [0.05, 0.1) is 11.3 Å². The third-order valence-corrected chi connectivity index (χ3v) is 6.36. The number of aromatic nitrogens is 2. The number of hydrogen-bond donors (Lipinski definition) is 1. The molecule has 1 N–H and O–H groups in total. The van der Waals surface area contributed by atoms with Crippen LogP contribution in [0.2, 0.25) is 0 Å². The molecular weight excluding hydrogens is 330 g/mol. The minimum Gasteiger partial charge on any atom is -0.352 e. The van der Waals surface area contributed by atoms with E-state index in [2.05, 4.69) is 17.2 Å². The normalized spacial score (nSPS) is 21.5. The molecule has 1 saturated carbocycles. The molecule has 0 bridgehead atoms. The number of fused-ring (bicyclic) bond motifs is 1.